The molecule has 0 aliphatic carbocycles. The molecule has 1 atom stereocenters. The first kappa shape index (κ1) is 21.9. The van der Waals surface area contributed by atoms with Crippen LogP contribution in [0.4, 0.5) is 0 Å². The summed E-state index contributed by atoms with van der Waals surface area (Å²) in [6.45, 7) is 2.71. The van der Waals surface area contributed by atoms with Crippen molar-refractivity contribution in [1.29, 1.82) is 0 Å². The lowest BCUT2D eigenvalue weighted by Crippen LogP contribution is -2.38. The fourth-order valence-corrected chi connectivity index (χ4v) is 4.48. The zero-order valence-electron chi connectivity index (χ0n) is 19.5. The number of aromatic nitrogens is 3. The van der Waals surface area contributed by atoms with Crippen molar-refractivity contribution in [2.24, 2.45) is 0 Å². The highest BCUT2D eigenvalue weighted by Crippen LogP contribution is 2.33. The number of nitrogens with zero attached hydrogens (tertiary/aromatic N) is 3. The van der Waals surface area contributed by atoms with Gasteiger partial charge in [-0.2, -0.15) is 5.10 Å². The quantitative estimate of drug-likeness (QED) is 0.423. The van der Waals surface area contributed by atoms with Gasteiger partial charge in [0, 0.05) is 24.1 Å². The SMILES string of the molecule is COc1ccccc1Cc1cnc([C@H]2CCCCN2C(=O)c2cc(-c3ccc(C)cc3)n[nH]2)o1. The highest BCUT2D eigenvalue weighted by Gasteiger charge is 2.33. The van der Waals surface area contributed by atoms with Crippen LogP contribution in [0.5, 0.6) is 5.75 Å². The lowest BCUT2D eigenvalue weighted by molar-refractivity contribution is 0.0564. The Bertz CT molecular complexity index is 1280. The maximum absolute atomic E-state index is 13.4. The molecule has 174 valence electrons. The molecular weight excluding hydrogens is 428 g/mol. The minimum atomic E-state index is -0.196. The van der Waals surface area contributed by atoms with E-state index in [0.717, 1.165) is 47.6 Å². The first-order chi connectivity index (χ1) is 16.6. The molecule has 0 unspecified atom stereocenters. The molecule has 0 saturated carbocycles. The number of likely N-dealkylation sites (tertiary alicyclic amines) is 1. The first-order valence-corrected chi connectivity index (χ1v) is 11.6. The highest BCUT2D eigenvalue weighted by molar-refractivity contribution is 5.93. The average molecular weight is 457 g/mol. The number of piperidine rings is 1. The number of methoxy groups -OCH3 is 1. The van der Waals surface area contributed by atoms with Crippen LogP contribution in [0.2, 0.25) is 0 Å². The molecule has 1 N–H and O–H groups in total. The second-order valence-electron chi connectivity index (χ2n) is 8.70. The summed E-state index contributed by atoms with van der Waals surface area (Å²) in [7, 11) is 1.66. The summed E-state index contributed by atoms with van der Waals surface area (Å²) in [5.74, 6) is 2.07. The highest BCUT2D eigenvalue weighted by atomic mass is 16.5. The Kier molecular flexibility index (Phi) is 6.16. The van der Waals surface area contributed by atoms with Crippen molar-refractivity contribution < 1.29 is 13.9 Å². The zero-order valence-corrected chi connectivity index (χ0v) is 19.5. The number of hydrogen-bond donors (Lipinski definition) is 1. The summed E-state index contributed by atoms with van der Waals surface area (Å²) in [4.78, 5) is 19.8. The Balaban J connectivity index is 1.35. The van der Waals surface area contributed by atoms with Gasteiger partial charge in [0.05, 0.1) is 19.0 Å². The van der Waals surface area contributed by atoms with Crippen LogP contribution in [0, 0.1) is 6.92 Å². The summed E-state index contributed by atoms with van der Waals surface area (Å²) in [5.41, 5.74) is 4.42. The second kappa shape index (κ2) is 9.55. The fraction of sp³-hybridized carbons (Fsp3) is 0.296. The summed E-state index contributed by atoms with van der Waals surface area (Å²) in [6.07, 6.45) is 5.13. The van der Waals surface area contributed by atoms with Gasteiger partial charge < -0.3 is 14.1 Å². The van der Waals surface area contributed by atoms with Crippen molar-refractivity contribution >= 4 is 5.91 Å². The van der Waals surface area contributed by atoms with Gasteiger partial charge in [0.15, 0.2) is 0 Å². The Morgan fingerprint density at radius 2 is 2.00 bits per heavy atom. The summed E-state index contributed by atoms with van der Waals surface area (Å²) in [6, 6.07) is 17.6. The Hall–Kier alpha value is -3.87. The van der Waals surface area contributed by atoms with E-state index in [1.165, 1.54) is 5.56 Å². The summed E-state index contributed by atoms with van der Waals surface area (Å²) < 4.78 is 11.6. The number of carbonyl (C=O) groups excluding carboxylic acids is 1. The molecule has 0 spiro atoms. The molecule has 0 bridgehead atoms. The molecule has 7 nitrogen and oxygen atoms in total. The molecule has 1 saturated heterocycles. The van der Waals surface area contributed by atoms with Crippen molar-refractivity contribution in [3.05, 3.63) is 89.3 Å². The van der Waals surface area contributed by atoms with Gasteiger partial charge in [-0.15, -0.1) is 0 Å². The number of para-hydroxylation sites is 1. The van der Waals surface area contributed by atoms with E-state index in [1.54, 1.807) is 13.3 Å². The van der Waals surface area contributed by atoms with E-state index in [4.69, 9.17) is 9.15 Å². The Labute approximate surface area is 198 Å². The number of oxazole rings is 1. The van der Waals surface area contributed by atoms with Gasteiger partial charge in [-0.05, 0) is 38.3 Å². The molecule has 2 aromatic carbocycles. The third-order valence-electron chi connectivity index (χ3n) is 6.33. The van der Waals surface area contributed by atoms with Gasteiger partial charge in [-0.3, -0.25) is 9.89 Å². The normalized spacial score (nSPS) is 15.9. The molecule has 1 aliphatic heterocycles. The molecule has 1 amide bonds. The first-order valence-electron chi connectivity index (χ1n) is 11.6. The lowest BCUT2D eigenvalue weighted by atomic mass is 10.0. The second-order valence-corrected chi connectivity index (χ2v) is 8.70. The van der Waals surface area contributed by atoms with Crippen molar-refractivity contribution in [1.82, 2.24) is 20.1 Å². The van der Waals surface area contributed by atoms with E-state index >= 15 is 0 Å². The third-order valence-corrected chi connectivity index (χ3v) is 6.33. The fourth-order valence-electron chi connectivity index (χ4n) is 4.48. The maximum Gasteiger partial charge on any atom is 0.272 e. The van der Waals surface area contributed by atoms with Gasteiger partial charge in [0.1, 0.15) is 23.2 Å². The van der Waals surface area contributed by atoms with E-state index in [9.17, 15) is 4.79 Å². The van der Waals surface area contributed by atoms with Crippen molar-refractivity contribution in [2.45, 2.75) is 38.6 Å². The molecular formula is C27H28N4O3. The summed E-state index contributed by atoms with van der Waals surface area (Å²) in [5, 5.41) is 7.31. The van der Waals surface area contributed by atoms with E-state index in [2.05, 4.69) is 15.2 Å². The van der Waals surface area contributed by atoms with E-state index in [-0.39, 0.29) is 11.9 Å². The Morgan fingerprint density at radius 1 is 1.18 bits per heavy atom. The van der Waals surface area contributed by atoms with Gasteiger partial charge in [0.25, 0.3) is 5.91 Å². The minimum absolute atomic E-state index is 0.0833. The molecule has 1 fully saturated rings. The third kappa shape index (κ3) is 4.46. The van der Waals surface area contributed by atoms with Gasteiger partial charge in [-0.1, -0.05) is 48.0 Å². The largest absolute Gasteiger partial charge is 0.496 e. The van der Waals surface area contributed by atoms with Gasteiger partial charge in [-0.25, -0.2) is 4.98 Å². The van der Waals surface area contributed by atoms with Crippen LogP contribution in [-0.4, -0.2) is 39.6 Å². The van der Waals surface area contributed by atoms with Crippen molar-refractivity contribution in [3.63, 3.8) is 0 Å². The standard InChI is InChI=1S/C27H28N4O3/c1-18-10-12-19(13-11-18)22-16-23(30-29-22)27(32)31-14-6-5-8-24(31)26-28-17-21(34-26)15-20-7-3-4-9-25(20)33-2/h3-4,7,9-13,16-17,24H,5-6,8,14-15H2,1-2H3,(H,29,30)/t24-/m1/s1. The number of hydrogen-bond acceptors (Lipinski definition) is 5. The molecule has 2 aromatic heterocycles. The van der Waals surface area contributed by atoms with Gasteiger partial charge >= 0.3 is 0 Å². The minimum Gasteiger partial charge on any atom is -0.496 e. The van der Waals surface area contributed by atoms with E-state index < -0.39 is 0 Å². The van der Waals surface area contributed by atoms with Crippen LogP contribution in [0.15, 0.2) is 65.2 Å². The number of ether oxygens (including phenoxy) is 1. The number of benzene rings is 2. The van der Waals surface area contributed by atoms with Gasteiger partial charge in [0.2, 0.25) is 5.89 Å². The molecule has 1 aliphatic rings. The number of nitrogens with one attached hydrogen (secondary N) is 1. The predicted octanol–water partition coefficient (Wildman–Crippen LogP) is 5.34. The molecule has 0 radical (unpaired) electrons. The Morgan fingerprint density at radius 3 is 2.82 bits per heavy atom. The maximum atomic E-state index is 13.4. The van der Waals surface area contributed by atoms with E-state index in [0.29, 0.717) is 24.6 Å². The van der Waals surface area contributed by atoms with Crippen molar-refractivity contribution in [3.8, 4) is 17.0 Å². The number of amides is 1. The smallest absolute Gasteiger partial charge is 0.272 e. The zero-order chi connectivity index (χ0) is 23.5. The van der Waals surface area contributed by atoms with Crippen LogP contribution >= 0.6 is 0 Å². The summed E-state index contributed by atoms with van der Waals surface area (Å²) >= 11 is 0. The number of carbonyl (C=O) groups is 1. The molecule has 34 heavy (non-hydrogen) atoms. The molecule has 5 rings (SSSR count). The van der Waals surface area contributed by atoms with E-state index in [1.807, 2.05) is 66.4 Å². The lowest BCUT2D eigenvalue weighted by Gasteiger charge is -2.33. The van der Waals surface area contributed by atoms with Crippen LogP contribution in [0.3, 0.4) is 0 Å². The number of aryl methyl sites for hydroxylation is 1. The average Bonchev–Trinajstić information content (AvgIpc) is 3.55. The number of rotatable bonds is 6. The van der Waals surface area contributed by atoms with Crippen LogP contribution in [-0.2, 0) is 6.42 Å². The molecule has 4 aromatic rings. The van der Waals surface area contributed by atoms with Crippen LogP contribution in [0.1, 0.15) is 58.6 Å². The van der Waals surface area contributed by atoms with Crippen LogP contribution < -0.4 is 4.74 Å². The molecule has 3 heterocycles. The molecule has 7 heteroatoms. The topological polar surface area (TPSA) is 84.2 Å². The monoisotopic (exact) mass is 456 g/mol. The predicted molar refractivity (Wildman–Crippen MR) is 129 cm³/mol. The van der Waals surface area contributed by atoms with Crippen molar-refractivity contribution in [2.75, 3.05) is 13.7 Å². The number of aromatic amines is 1. The van der Waals surface area contributed by atoms with Crippen LogP contribution in [0.25, 0.3) is 11.3 Å². The number of H-pyrrole nitrogens is 1.